The Morgan fingerprint density at radius 3 is 2.89 bits per heavy atom. The van der Waals surface area contributed by atoms with Crippen LogP contribution in [0.4, 0.5) is 0 Å². The van der Waals surface area contributed by atoms with Crippen LogP contribution in [0.2, 0.25) is 0 Å². The molecule has 1 aliphatic rings. The first kappa shape index (κ1) is 14.1. The summed E-state index contributed by atoms with van der Waals surface area (Å²) in [6.07, 6.45) is 5.17. The second-order valence-electron chi connectivity index (χ2n) is 5.64. The largest absolute Gasteiger partial charge is 0.467 e. The molecule has 3 atom stereocenters. The van der Waals surface area contributed by atoms with Gasteiger partial charge in [-0.2, -0.15) is 0 Å². The number of hydrogen-bond donors (Lipinski definition) is 1. The van der Waals surface area contributed by atoms with Crippen LogP contribution in [-0.4, -0.2) is 19.1 Å². The highest BCUT2D eigenvalue weighted by molar-refractivity contribution is 5.88. The summed E-state index contributed by atoms with van der Waals surface area (Å²) < 4.78 is 10.0. The van der Waals surface area contributed by atoms with Crippen molar-refractivity contribution in [2.24, 2.45) is 11.8 Å². The minimum absolute atomic E-state index is 0.352. The molecule has 1 N–H and O–H groups in total. The van der Waals surface area contributed by atoms with Gasteiger partial charge in [0.05, 0.1) is 19.2 Å². The number of rotatable bonds is 4. The standard InChI is InChI=1S/C15H23NO3/c1-10-4-5-13(6-11(10)2)16-8-14-7-12(9-19-14)15(17)18-3/h7,9-11,13,16H,4-6,8H2,1-3H3. The summed E-state index contributed by atoms with van der Waals surface area (Å²) in [5.41, 5.74) is 0.477. The van der Waals surface area contributed by atoms with E-state index in [4.69, 9.17) is 4.42 Å². The Morgan fingerprint density at radius 2 is 2.21 bits per heavy atom. The van der Waals surface area contributed by atoms with Gasteiger partial charge in [-0.15, -0.1) is 0 Å². The third-order valence-corrected chi connectivity index (χ3v) is 4.24. The molecule has 4 nitrogen and oxygen atoms in total. The van der Waals surface area contributed by atoms with E-state index in [1.807, 2.05) is 0 Å². The minimum Gasteiger partial charge on any atom is -0.467 e. The van der Waals surface area contributed by atoms with E-state index in [1.54, 1.807) is 6.07 Å². The van der Waals surface area contributed by atoms with Crippen molar-refractivity contribution in [1.29, 1.82) is 0 Å². The molecular weight excluding hydrogens is 242 g/mol. The quantitative estimate of drug-likeness (QED) is 0.850. The Hall–Kier alpha value is -1.29. The minimum atomic E-state index is -0.352. The molecule has 3 unspecified atom stereocenters. The number of nitrogens with one attached hydrogen (secondary N) is 1. The SMILES string of the molecule is COC(=O)c1coc(CNC2CCC(C)C(C)C2)c1. The average Bonchev–Trinajstić information content (AvgIpc) is 2.88. The van der Waals surface area contributed by atoms with Gasteiger partial charge >= 0.3 is 5.97 Å². The van der Waals surface area contributed by atoms with Gasteiger partial charge in [-0.1, -0.05) is 13.8 Å². The lowest BCUT2D eigenvalue weighted by Gasteiger charge is -2.32. The van der Waals surface area contributed by atoms with Crippen LogP contribution < -0.4 is 5.32 Å². The molecule has 106 valence electrons. The Morgan fingerprint density at radius 1 is 1.42 bits per heavy atom. The van der Waals surface area contributed by atoms with Crippen molar-refractivity contribution < 1.29 is 13.9 Å². The predicted octanol–water partition coefficient (Wildman–Crippen LogP) is 2.98. The third kappa shape index (κ3) is 3.60. The van der Waals surface area contributed by atoms with Crippen molar-refractivity contribution in [2.75, 3.05) is 7.11 Å². The summed E-state index contributed by atoms with van der Waals surface area (Å²) in [5, 5.41) is 3.51. The number of esters is 1. The molecule has 2 rings (SSSR count). The molecule has 1 aliphatic carbocycles. The van der Waals surface area contributed by atoms with E-state index in [2.05, 4.69) is 23.9 Å². The average molecular weight is 265 g/mol. The number of furan rings is 1. The van der Waals surface area contributed by atoms with Crippen molar-refractivity contribution in [2.45, 2.75) is 45.7 Å². The molecule has 1 fully saturated rings. The second-order valence-corrected chi connectivity index (χ2v) is 5.64. The highest BCUT2D eigenvalue weighted by Gasteiger charge is 2.24. The Kier molecular flexibility index (Phi) is 4.64. The van der Waals surface area contributed by atoms with Crippen molar-refractivity contribution in [3.63, 3.8) is 0 Å². The van der Waals surface area contributed by atoms with Gasteiger partial charge in [0.15, 0.2) is 0 Å². The van der Waals surface area contributed by atoms with E-state index in [9.17, 15) is 4.79 Å². The summed E-state index contributed by atoms with van der Waals surface area (Å²) in [6, 6.07) is 2.30. The first-order valence-electron chi connectivity index (χ1n) is 6.99. The van der Waals surface area contributed by atoms with Gasteiger partial charge in [0.1, 0.15) is 12.0 Å². The summed E-state index contributed by atoms with van der Waals surface area (Å²) in [6.45, 7) is 5.32. The van der Waals surface area contributed by atoms with E-state index in [-0.39, 0.29) is 5.97 Å². The van der Waals surface area contributed by atoms with Crippen LogP contribution in [-0.2, 0) is 11.3 Å². The first-order valence-corrected chi connectivity index (χ1v) is 6.99. The molecule has 1 aromatic heterocycles. The van der Waals surface area contributed by atoms with Crippen molar-refractivity contribution >= 4 is 5.97 Å². The molecule has 0 bridgehead atoms. The predicted molar refractivity (Wildman–Crippen MR) is 72.9 cm³/mol. The van der Waals surface area contributed by atoms with Gasteiger partial charge < -0.3 is 14.5 Å². The zero-order valence-corrected chi connectivity index (χ0v) is 11.9. The maximum Gasteiger partial charge on any atom is 0.341 e. The lowest BCUT2D eigenvalue weighted by Crippen LogP contribution is -2.35. The summed E-state index contributed by atoms with van der Waals surface area (Å²) in [5.74, 6) is 2.03. The fourth-order valence-electron chi connectivity index (χ4n) is 2.68. The van der Waals surface area contributed by atoms with E-state index >= 15 is 0 Å². The molecule has 1 heterocycles. The molecular formula is C15H23NO3. The highest BCUT2D eigenvalue weighted by Crippen LogP contribution is 2.29. The van der Waals surface area contributed by atoms with Gasteiger partial charge in [0, 0.05) is 6.04 Å². The van der Waals surface area contributed by atoms with Crippen LogP contribution in [0.5, 0.6) is 0 Å². The van der Waals surface area contributed by atoms with Gasteiger partial charge in [-0.3, -0.25) is 0 Å². The summed E-state index contributed by atoms with van der Waals surface area (Å²) in [4.78, 5) is 11.3. The fourth-order valence-corrected chi connectivity index (χ4v) is 2.68. The van der Waals surface area contributed by atoms with Gasteiger partial charge in [-0.25, -0.2) is 4.79 Å². The molecule has 0 aromatic carbocycles. The molecule has 0 aliphatic heterocycles. The molecule has 0 radical (unpaired) electrons. The maximum atomic E-state index is 11.3. The number of carbonyl (C=O) groups excluding carboxylic acids is 1. The lowest BCUT2D eigenvalue weighted by atomic mass is 9.79. The van der Waals surface area contributed by atoms with E-state index < -0.39 is 0 Å². The Balaban J connectivity index is 1.82. The third-order valence-electron chi connectivity index (χ3n) is 4.24. The van der Waals surface area contributed by atoms with E-state index in [0.29, 0.717) is 18.2 Å². The second kappa shape index (κ2) is 6.24. The fraction of sp³-hybridized carbons (Fsp3) is 0.667. The van der Waals surface area contributed by atoms with Crippen LogP contribution >= 0.6 is 0 Å². The van der Waals surface area contributed by atoms with Crippen LogP contribution in [0, 0.1) is 11.8 Å². The Bertz CT molecular complexity index is 427. The van der Waals surface area contributed by atoms with Crippen molar-refractivity contribution in [3.05, 3.63) is 23.7 Å². The van der Waals surface area contributed by atoms with Crippen molar-refractivity contribution in [3.8, 4) is 0 Å². The molecule has 1 aromatic rings. The molecule has 19 heavy (non-hydrogen) atoms. The van der Waals surface area contributed by atoms with Gasteiger partial charge in [-0.05, 0) is 37.2 Å². The zero-order valence-electron chi connectivity index (χ0n) is 11.9. The number of hydrogen-bond acceptors (Lipinski definition) is 4. The van der Waals surface area contributed by atoms with Crippen LogP contribution in [0.15, 0.2) is 16.7 Å². The monoisotopic (exact) mass is 265 g/mol. The molecule has 0 spiro atoms. The van der Waals surface area contributed by atoms with Gasteiger partial charge in [0.25, 0.3) is 0 Å². The highest BCUT2D eigenvalue weighted by atomic mass is 16.5. The summed E-state index contributed by atoms with van der Waals surface area (Å²) >= 11 is 0. The van der Waals surface area contributed by atoms with Gasteiger partial charge in [0.2, 0.25) is 0 Å². The number of methoxy groups -OCH3 is 1. The first-order chi connectivity index (χ1) is 9.10. The lowest BCUT2D eigenvalue weighted by molar-refractivity contribution is 0.0600. The van der Waals surface area contributed by atoms with E-state index in [0.717, 1.165) is 17.6 Å². The maximum absolute atomic E-state index is 11.3. The summed E-state index contributed by atoms with van der Waals surface area (Å²) in [7, 11) is 1.37. The van der Waals surface area contributed by atoms with E-state index in [1.165, 1.54) is 32.6 Å². The topological polar surface area (TPSA) is 51.5 Å². The zero-order chi connectivity index (χ0) is 13.8. The normalized spacial score (nSPS) is 27.2. The number of carbonyl (C=O) groups is 1. The molecule has 4 heteroatoms. The number of ether oxygens (including phenoxy) is 1. The van der Waals surface area contributed by atoms with Crippen LogP contribution in [0.25, 0.3) is 0 Å². The Labute approximate surface area is 114 Å². The molecule has 0 saturated heterocycles. The van der Waals surface area contributed by atoms with Crippen molar-refractivity contribution in [1.82, 2.24) is 5.32 Å². The smallest absolute Gasteiger partial charge is 0.341 e. The molecule has 1 saturated carbocycles. The molecule has 0 amide bonds. The van der Waals surface area contributed by atoms with Crippen LogP contribution in [0.3, 0.4) is 0 Å². The van der Waals surface area contributed by atoms with Crippen LogP contribution in [0.1, 0.15) is 49.2 Å².